The van der Waals surface area contributed by atoms with Crippen molar-refractivity contribution in [1.82, 2.24) is 14.4 Å². The van der Waals surface area contributed by atoms with Gasteiger partial charge in [0.1, 0.15) is 4.60 Å². The van der Waals surface area contributed by atoms with Crippen LogP contribution in [-0.2, 0) is 0 Å². The molecule has 4 nitrogen and oxygen atoms in total. The van der Waals surface area contributed by atoms with Crippen molar-refractivity contribution in [2.45, 2.75) is 19.8 Å². The highest BCUT2D eigenvalue weighted by molar-refractivity contribution is 9.10. The Morgan fingerprint density at radius 2 is 2.40 bits per heavy atom. The molecule has 0 saturated heterocycles. The smallest absolute Gasteiger partial charge is 0.259 e. The van der Waals surface area contributed by atoms with Crippen LogP contribution in [0, 0.1) is 0 Å². The van der Waals surface area contributed by atoms with E-state index in [1.54, 1.807) is 6.20 Å². The van der Waals surface area contributed by atoms with Crippen molar-refractivity contribution in [1.29, 1.82) is 0 Å². The van der Waals surface area contributed by atoms with E-state index in [2.05, 4.69) is 32.8 Å². The first-order valence-corrected chi connectivity index (χ1v) is 5.72. The van der Waals surface area contributed by atoms with Crippen LogP contribution in [0.2, 0.25) is 0 Å². The predicted molar refractivity (Wildman–Crippen MR) is 61.1 cm³/mol. The maximum atomic E-state index is 5.57. The van der Waals surface area contributed by atoms with Gasteiger partial charge in [0.15, 0.2) is 0 Å². The van der Waals surface area contributed by atoms with Crippen molar-refractivity contribution in [3.05, 3.63) is 23.2 Å². The van der Waals surface area contributed by atoms with Gasteiger partial charge in [0.25, 0.3) is 5.88 Å². The molecule has 0 unspecified atom stereocenters. The van der Waals surface area contributed by atoms with Crippen molar-refractivity contribution in [2.24, 2.45) is 0 Å². The van der Waals surface area contributed by atoms with E-state index in [1.165, 1.54) is 0 Å². The number of unbranched alkanes of at least 4 members (excludes halogenated alkanes) is 1. The lowest BCUT2D eigenvalue weighted by Crippen LogP contribution is -2.01. The summed E-state index contributed by atoms with van der Waals surface area (Å²) in [6.45, 7) is 2.81. The highest BCUT2D eigenvalue weighted by atomic mass is 79.9. The Morgan fingerprint density at radius 1 is 1.53 bits per heavy atom. The van der Waals surface area contributed by atoms with Crippen LogP contribution in [0.3, 0.4) is 0 Å². The molecule has 0 spiro atoms. The summed E-state index contributed by atoms with van der Waals surface area (Å²) >= 11 is 3.34. The third-order valence-electron chi connectivity index (χ3n) is 2.05. The maximum Gasteiger partial charge on any atom is 0.259 e. The van der Waals surface area contributed by atoms with Crippen LogP contribution >= 0.6 is 15.9 Å². The van der Waals surface area contributed by atoms with E-state index < -0.39 is 0 Å². The van der Waals surface area contributed by atoms with Crippen LogP contribution in [0.1, 0.15) is 19.8 Å². The molecule has 0 atom stereocenters. The van der Waals surface area contributed by atoms with E-state index in [0.717, 1.165) is 23.1 Å². The molecule has 0 aliphatic carbocycles. The van der Waals surface area contributed by atoms with Gasteiger partial charge < -0.3 is 4.74 Å². The summed E-state index contributed by atoms with van der Waals surface area (Å²) in [7, 11) is 0. The Bertz CT molecular complexity index is 455. The monoisotopic (exact) mass is 269 g/mol. The van der Waals surface area contributed by atoms with Crippen LogP contribution < -0.4 is 4.74 Å². The van der Waals surface area contributed by atoms with Crippen LogP contribution in [-0.4, -0.2) is 21.0 Å². The lowest BCUT2D eigenvalue weighted by atomic mass is 10.4. The van der Waals surface area contributed by atoms with Crippen molar-refractivity contribution < 1.29 is 4.74 Å². The maximum absolute atomic E-state index is 5.57. The van der Waals surface area contributed by atoms with Gasteiger partial charge in [-0.2, -0.15) is 0 Å². The molecule has 0 bridgehead atoms. The molecule has 0 aliphatic heterocycles. The minimum Gasteiger partial charge on any atom is -0.475 e. The van der Waals surface area contributed by atoms with Crippen molar-refractivity contribution in [3.8, 4) is 5.88 Å². The quantitative estimate of drug-likeness (QED) is 0.802. The third-order valence-corrected chi connectivity index (χ3v) is 2.43. The van der Waals surface area contributed by atoms with Gasteiger partial charge in [-0.3, -0.25) is 4.40 Å². The molecule has 0 aromatic carbocycles. The number of fused-ring (bicyclic) bond motifs is 1. The number of rotatable bonds is 4. The van der Waals surface area contributed by atoms with E-state index in [0.29, 0.717) is 12.5 Å². The average Bonchev–Trinajstić information content (AvgIpc) is 2.65. The van der Waals surface area contributed by atoms with E-state index in [9.17, 15) is 0 Å². The fraction of sp³-hybridized carbons (Fsp3) is 0.400. The molecule has 2 aromatic rings. The van der Waals surface area contributed by atoms with Crippen LogP contribution in [0.15, 0.2) is 23.2 Å². The number of nitrogens with zero attached hydrogens (tertiary/aromatic N) is 3. The molecule has 80 valence electrons. The number of ether oxygens (including phenoxy) is 1. The molecule has 0 amide bonds. The zero-order valence-electron chi connectivity index (χ0n) is 8.48. The molecular weight excluding hydrogens is 258 g/mol. The largest absolute Gasteiger partial charge is 0.475 e. The summed E-state index contributed by atoms with van der Waals surface area (Å²) < 4.78 is 8.21. The number of hydrogen-bond donors (Lipinski definition) is 0. The van der Waals surface area contributed by atoms with E-state index in [-0.39, 0.29) is 0 Å². The fourth-order valence-corrected chi connectivity index (χ4v) is 1.67. The fourth-order valence-electron chi connectivity index (χ4n) is 1.28. The molecule has 5 heteroatoms. The van der Waals surface area contributed by atoms with Crippen LogP contribution in [0.5, 0.6) is 5.88 Å². The lowest BCUT2D eigenvalue weighted by Gasteiger charge is -2.05. The van der Waals surface area contributed by atoms with Crippen molar-refractivity contribution in [2.75, 3.05) is 6.61 Å². The Kier molecular flexibility index (Phi) is 3.20. The van der Waals surface area contributed by atoms with Gasteiger partial charge in [-0.25, -0.2) is 9.97 Å². The molecule has 2 heterocycles. The third kappa shape index (κ3) is 2.28. The summed E-state index contributed by atoms with van der Waals surface area (Å²) in [4.78, 5) is 8.45. The van der Waals surface area contributed by atoms with Crippen LogP contribution in [0.25, 0.3) is 5.65 Å². The van der Waals surface area contributed by atoms with Gasteiger partial charge >= 0.3 is 0 Å². The molecule has 0 fully saturated rings. The van der Waals surface area contributed by atoms with Crippen LogP contribution in [0.4, 0.5) is 0 Å². The van der Waals surface area contributed by atoms with E-state index in [4.69, 9.17) is 4.74 Å². The van der Waals surface area contributed by atoms with Crippen molar-refractivity contribution >= 4 is 21.6 Å². The van der Waals surface area contributed by atoms with Gasteiger partial charge in [0.05, 0.1) is 6.61 Å². The first kappa shape index (κ1) is 10.4. The summed E-state index contributed by atoms with van der Waals surface area (Å²) in [5.74, 6) is 0.586. The number of halogens is 1. The number of imidazole rings is 1. The Labute approximate surface area is 96.4 Å². The SMILES string of the molecule is CCCCOc1nc(Br)cn2ccnc12. The standard InChI is InChI=1S/C10H12BrN3O/c1-2-3-6-15-10-9-12-4-5-14(9)7-8(11)13-10/h4-5,7H,2-3,6H2,1H3. The van der Waals surface area contributed by atoms with Gasteiger partial charge in [-0.1, -0.05) is 13.3 Å². The molecule has 2 rings (SSSR count). The molecule has 0 radical (unpaired) electrons. The van der Waals surface area contributed by atoms with Gasteiger partial charge in [0.2, 0.25) is 5.65 Å². The molecule has 15 heavy (non-hydrogen) atoms. The van der Waals surface area contributed by atoms with Gasteiger partial charge in [0, 0.05) is 18.6 Å². The van der Waals surface area contributed by atoms with E-state index >= 15 is 0 Å². The Morgan fingerprint density at radius 3 is 3.20 bits per heavy atom. The summed E-state index contributed by atoms with van der Waals surface area (Å²) in [6, 6.07) is 0. The average molecular weight is 270 g/mol. The molecule has 2 aromatic heterocycles. The summed E-state index contributed by atoms with van der Waals surface area (Å²) in [5, 5.41) is 0. The second-order valence-corrected chi connectivity index (χ2v) is 4.04. The second kappa shape index (κ2) is 4.61. The zero-order valence-corrected chi connectivity index (χ0v) is 10.1. The first-order chi connectivity index (χ1) is 7.31. The highest BCUT2D eigenvalue weighted by Gasteiger charge is 2.06. The normalized spacial score (nSPS) is 10.8. The number of hydrogen-bond acceptors (Lipinski definition) is 3. The lowest BCUT2D eigenvalue weighted by molar-refractivity contribution is 0.299. The molecule has 0 saturated carbocycles. The summed E-state index contributed by atoms with van der Waals surface area (Å²) in [5.41, 5.74) is 0.759. The highest BCUT2D eigenvalue weighted by Crippen LogP contribution is 2.19. The Balaban J connectivity index is 2.27. The second-order valence-electron chi connectivity index (χ2n) is 3.23. The molecule has 0 aliphatic rings. The summed E-state index contributed by atoms with van der Waals surface area (Å²) in [6.07, 6.45) is 7.60. The minimum atomic E-state index is 0.586. The molecule has 0 N–H and O–H groups in total. The number of aromatic nitrogens is 3. The van der Waals surface area contributed by atoms with Gasteiger partial charge in [-0.05, 0) is 22.4 Å². The van der Waals surface area contributed by atoms with Gasteiger partial charge in [-0.15, -0.1) is 0 Å². The topological polar surface area (TPSA) is 39.4 Å². The van der Waals surface area contributed by atoms with Crippen molar-refractivity contribution in [3.63, 3.8) is 0 Å². The molecular formula is C10H12BrN3O. The minimum absolute atomic E-state index is 0.586. The predicted octanol–water partition coefficient (Wildman–Crippen LogP) is 2.67. The first-order valence-electron chi connectivity index (χ1n) is 4.93. The zero-order chi connectivity index (χ0) is 10.7. The van der Waals surface area contributed by atoms with E-state index in [1.807, 2.05) is 16.8 Å². The Hall–Kier alpha value is -1.10.